The average Bonchev–Trinajstić information content (AvgIpc) is 2.80. The smallest absolute Gasteiger partial charge is 0.274 e. The Morgan fingerprint density at radius 3 is 2.48 bits per heavy atom. The van der Waals surface area contributed by atoms with Crippen LogP contribution in [0.5, 0.6) is 0 Å². The van der Waals surface area contributed by atoms with Gasteiger partial charge in [0.25, 0.3) is 11.5 Å². The standard InChI is InChI=1S/C24H26N4O3/c25-21(29)13-12-18-9-6-14-27(15-18)24(31)22-19-10-4-5-11-20(19)23(30)28(26-22)16-17-7-2-1-3-8-17/h1-5,7-8,10-11,18H,6,9,12-16H2,(H2,25,29). The number of primary amides is 1. The number of rotatable bonds is 6. The molecule has 3 aromatic rings. The molecule has 1 fully saturated rings. The SMILES string of the molecule is NC(=O)CCC1CCCN(C(=O)c2nn(Cc3ccccc3)c(=O)c3ccccc23)C1. The number of hydrogen-bond donors (Lipinski definition) is 1. The molecule has 0 spiro atoms. The van der Waals surface area contributed by atoms with Gasteiger partial charge in [0, 0.05) is 24.9 Å². The Hall–Kier alpha value is -3.48. The van der Waals surface area contributed by atoms with Gasteiger partial charge in [0.1, 0.15) is 0 Å². The van der Waals surface area contributed by atoms with Crippen molar-refractivity contribution >= 4 is 22.6 Å². The fraction of sp³-hybridized carbons (Fsp3) is 0.333. The highest BCUT2D eigenvalue weighted by Crippen LogP contribution is 2.24. The van der Waals surface area contributed by atoms with Crippen LogP contribution < -0.4 is 11.3 Å². The van der Waals surface area contributed by atoms with Crippen molar-refractivity contribution in [3.05, 3.63) is 76.2 Å². The van der Waals surface area contributed by atoms with Crippen LogP contribution in [0.2, 0.25) is 0 Å². The molecule has 1 unspecified atom stereocenters. The largest absolute Gasteiger partial charge is 0.370 e. The molecule has 1 aliphatic heterocycles. The zero-order valence-corrected chi connectivity index (χ0v) is 17.4. The summed E-state index contributed by atoms with van der Waals surface area (Å²) in [6, 6.07) is 16.7. The van der Waals surface area contributed by atoms with Crippen molar-refractivity contribution in [2.75, 3.05) is 13.1 Å². The summed E-state index contributed by atoms with van der Waals surface area (Å²) >= 11 is 0. The van der Waals surface area contributed by atoms with Crippen LogP contribution in [0, 0.1) is 5.92 Å². The molecule has 1 aliphatic rings. The number of fused-ring (bicyclic) bond motifs is 1. The lowest BCUT2D eigenvalue weighted by Crippen LogP contribution is -2.41. The molecule has 0 bridgehead atoms. The minimum absolute atomic E-state index is 0.179. The number of carbonyl (C=O) groups is 2. The van der Waals surface area contributed by atoms with Crippen molar-refractivity contribution in [2.24, 2.45) is 11.7 Å². The molecule has 0 aliphatic carbocycles. The molecular formula is C24H26N4O3. The Morgan fingerprint density at radius 1 is 1.03 bits per heavy atom. The summed E-state index contributed by atoms with van der Waals surface area (Å²) in [6.07, 6.45) is 2.85. The number of nitrogens with two attached hydrogens (primary N) is 1. The van der Waals surface area contributed by atoms with Crippen molar-refractivity contribution < 1.29 is 9.59 Å². The highest BCUT2D eigenvalue weighted by atomic mass is 16.2. The summed E-state index contributed by atoms with van der Waals surface area (Å²) in [6.45, 7) is 1.51. The Balaban J connectivity index is 1.67. The van der Waals surface area contributed by atoms with Crippen molar-refractivity contribution in [1.82, 2.24) is 14.7 Å². The van der Waals surface area contributed by atoms with Gasteiger partial charge in [-0.15, -0.1) is 0 Å². The van der Waals surface area contributed by atoms with Crippen LogP contribution in [-0.4, -0.2) is 39.6 Å². The van der Waals surface area contributed by atoms with Gasteiger partial charge < -0.3 is 10.6 Å². The third kappa shape index (κ3) is 4.66. The number of piperidine rings is 1. The molecule has 160 valence electrons. The van der Waals surface area contributed by atoms with Gasteiger partial charge in [-0.1, -0.05) is 48.5 Å². The molecule has 1 saturated heterocycles. The first-order chi connectivity index (χ1) is 15.0. The van der Waals surface area contributed by atoms with Gasteiger partial charge in [0.2, 0.25) is 5.91 Å². The topological polar surface area (TPSA) is 98.3 Å². The summed E-state index contributed by atoms with van der Waals surface area (Å²) < 4.78 is 1.37. The van der Waals surface area contributed by atoms with Crippen LogP contribution in [-0.2, 0) is 11.3 Å². The maximum Gasteiger partial charge on any atom is 0.274 e. The monoisotopic (exact) mass is 418 g/mol. The normalized spacial score (nSPS) is 16.4. The van der Waals surface area contributed by atoms with Gasteiger partial charge in [-0.3, -0.25) is 14.4 Å². The minimum atomic E-state index is -0.316. The lowest BCUT2D eigenvalue weighted by molar-refractivity contribution is -0.118. The molecule has 4 rings (SSSR count). The first kappa shape index (κ1) is 20.8. The van der Waals surface area contributed by atoms with E-state index in [0.29, 0.717) is 48.9 Å². The number of benzene rings is 2. The van der Waals surface area contributed by atoms with E-state index in [1.54, 1.807) is 23.1 Å². The molecule has 2 N–H and O–H groups in total. The lowest BCUT2D eigenvalue weighted by Gasteiger charge is -2.32. The fourth-order valence-electron chi connectivity index (χ4n) is 4.24. The van der Waals surface area contributed by atoms with Gasteiger partial charge in [-0.25, -0.2) is 4.68 Å². The predicted molar refractivity (Wildman–Crippen MR) is 119 cm³/mol. The molecule has 7 heteroatoms. The maximum atomic E-state index is 13.5. The quantitative estimate of drug-likeness (QED) is 0.665. The average molecular weight is 418 g/mol. The number of hydrogen-bond acceptors (Lipinski definition) is 4. The van der Waals surface area contributed by atoms with Crippen LogP contribution in [0.25, 0.3) is 10.8 Å². The van der Waals surface area contributed by atoms with Gasteiger partial charge in [-0.05, 0) is 36.8 Å². The predicted octanol–water partition coefficient (Wildman–Crippen LogP) is 2.56. The fourth-order valence-corrected chi connectivity index (χ4v) is 4.24. The Labute approximate surface area is 180 Å². The zero-order chi connectivity index (χ0) is 21.8. The van der Waals surface area contributed by atoms with Crippen molar-refractivity contribution in [3.63, 3.8) is 0 Å². The summed E-state index contributed by atoms with van der Waals surface area (Å²) in [5.41, 5.74) is 6.31. The number of carbonyl (C=O) groups excluding carboxylic acids is 2. The highest BCUT2D eigenvalue weighted by molar-refractivity contribution is 6.04. The van der Waals surface area contributed by atoms with Crippen molar-refractivity contribution in [1.29, 1.82) is 0 Å². The molecule has 1 aromatic heterocycles. The Morgan fingerprint density at radius 2 is 1.74 bits per heavy atom. The third-order valence-corrected chi connectivity index (χ3v) is 5.85. The number of nitrogens with zero attached hydrogens (tertiary/aromatic N) is 3. The van der Waals surface area contributed by atoms with Gasteiger partial charge in [-0.2, -0.15) is 5.10 Å². The second-order valence-electron chi connectivity index (χ2n) is 8.11. The van der Waals surface area contributed by atoms with Crippen molar-refractivity contribution in [3.8, 4) is 0 Å². The van der Waals surface area contributed by atoms with Crippen LogP contribution in [0.4, 0.5) is 0 Å². The lowest BCUT2D eigenvalue weighted by atomic mass is 9.93. The van der Waals surface area contributed by atoms with E-state index in [-0.39, 0.29) is 23.3 Å². The van der Waals surface area contributed by atoms with E-state index in [1.165, 1.54) is 4.68 Å². The van der Waals surface area contributed by atoms with Crippen molar-refractivity contribution in [2.45, 2.75) is 32.2 Å². The highest BCUT2D eigenvalue weighted by Gasteiger charge is 2.27. The summed E-state index contributed by atoms with van der Waals surface area (Å²) in [7, 11) is 0. The molecule has 2 aromatic carbocycles. The molecule has 31 heavy (non-hydrogen) atoms. The molecule has 7 nitrogen and oxygen atoms in total. The Kier molecular flexibility index (Phi) is 6.11. The third-order valence-electron chi connectivity index (χ3n) is 5.85. The second kappa shape index (κ2) is 9.12. The van der Waals surface area contributed by atoms with E-state index in [2.05, 4.69) is 5.10 Å². The molecule has 2 heterocycles. The molecule has 0 saturated carbocycles. The van der Waals surface area contributed by atoms with Crippen LogP contribution in [0.15, 0.2) is 59.4 Å². The van der Waals surface area contributed by atoms with E-state index in [1.807, 2.05) is 36.4 Å². The number of amides is 2. The van der Waals surface area contributed by atoms with E-state index >= 15 is 0 Å². The Bertz CT molecular complexity index is 1160. The van der Waals surface area contributed by atoms with Crippen LogP contribution in [0.1, 0.15) is 41.7 Å². The second-order valence-corrected chi connectivity index (χ2v) is 8.11. The van der Waals surface area contributed by atoms with Crippen LogP contribution in [0.3, 0.4) is 0 Å². The summed E-state index contributed by atoms with van der Waals surface area (Å²) in [5.74, 6) is -0.252. The van der Waals surface area contributed by atoms with Gasteiger partial charge in [0.05, 0.1) is 11.9 Å². The van der Waals surface area contributed by atoms with Gasteiger partial charge in [0.15, 0.2) is 5.69 Å². The van der Waals surface area contributed by atoms with E-state index < -0.39 is 0 Å². The zero-order valence-electron chi connectivity index (χ0n) is 17.4. The summed E-state index contributed by atoms with van der Waals surface area (Å²) in [5, 5.41) is 5.56. The number of likely N-dealkylation sites (tertiary alicyclic amines) is 1. The van der Waals surface area contributed by atoms with Crippen LogP contribution >= 0.6 is 0 Å². The van der Waals surface area contributed by atoms with E-state index in [4.69, 9.17) is 5.73 Å². The van der Waals surface area contributed by atoms with E-state index in [0.717, 1.165) is 18.4 Å². The minimum Gasteiger partial charge on any atom is -0.370 e. The molecule has 0 radical (unpaired) electrons. The first-order valence-corrected chi connectivity index (χ1v) is 10.6. The number of aromatic nitrogens is 2. The molecule has 2 amide bonds. The summed E-state index contributed by atoms with van der Waals surface area (Å²) in [4.78, 5) is 39.4. The molecule has 1 atom stereocenters. The first-order valence-electron chi connectivity index (χ1n) is 10.6. The van der Waals surface area contributed by atoms with E-state index in [9.17, 15) is 14.4 Å². The molecular weight excluding hydrogens is 392 g/mol. The van der Waals surface area contributed by atoms with Gasteiger partial charge >= 0.3 is 0 Å². The maximum absolute atomic E-state index is 13.5.